The molecule has 0 aliphatic heterocycles. The van der Waals surface area contributed by atoms with Gasteiger partial charge in [-0.05, 0) is 73.2 Å². The molecule has 7 nitrogen and oxygen atoms in total. The molecule has 166 valence electrons. The van der Waals surface area contributed by atoms with Crippen molar-refractivity contribution in [3.63, 3.8) is 0 Å². The molecule has 0 unspecified atom stereocenters. The van der Waals surface area contributed by atoms with Gasteiger partial charge in [0.05, 0.1) is 28.0 Å². The maximum atomic E-state index is 9.71. The molecule has 0 bridgehead atoms. The van der Waals surface area contributed by atoms with Crippen LogP contribution in [0.4, 0.5) is 16.8 Å². The molecule has 1 saturated carbocycles. The summed E-state index contributed by atoms with van der Waals surface area (Å²) in [6, 6.07) is 19.0. The van der Waals surface area contributed by atoms with Crippen molar-refractivity contribution < 1.29 is 5.11 Å². The van der Waals surface area contributed by atoms with Crippen LogP contribution in [0, 0.1) is 0 Å². The summed E-state index contributed by atoms with van der Waals surface area (Å²) in [7, 11) is 0. The number of nitrogens with one attached hydrogen (secondary N) is 3. The zero-order valence-electron chi connectivity index (χ0n) is 18.0. The van der Waals surface area contributed by atoms with Gasteiger partial charge >= 0.3 is 0 Å². The average Bonchev–Trinajstić information content (AvgIpc) is 3.46. The van der Waals surface area contributed by atoms with Crippen molar-refractivity contribution in [2.24, 2.45) is 0 Å². The van der Waals surface area contributed by atoms with Crippen LogP contribution < -0.4 is 10.6 Å². The van der Waals surface area contributed by atoms with Crippen LogP contribution >= 0.6 is 11.3 Å². The molecular formula is C25H24N6OS. The number of H-pyrrole nitrogens is 1. The second-order valence-electron chi connectivity index (χ2n) is 8.56. The van der Waals surface area contributed by atoms with Gasteiger partial charge < -0.3 is 15.7 Å². The minimum atomic E-state index is -0.155. The summed E-state index contributed by atoms with van der Waals surface area (Å²) < 4.78 is 1.12. The maximum absolute atomic E-state index is 9.71. The number of hydrogen-bond donors (Lipinski definition) is 4. The topological polar surface area (TPSA) is 98.8 Å². The quantitative estimate of drug-likeness (QED) is 0.271. The molecule has 0 amide bonds. The summed E-state index contributed by atoms with van der Waals surface area (Å²) >= 11 is 1.62. The second-order valence-corrected chi connectivity index (χ2v) is 9.59. The van der Waals surface area contributed by atoms with Gasteiger partial charge in [-0.1, -0.05) is 29.5 Å². The van der Waals surface area contributed by atoms with E-state index in [0.29, 0.717) is 6.04 Å². The van der Waals surface area contributed by atoms with E-state index in [0.717, 1.165) is 74.7 Å². The molecule has 6 rings (SSSR count). The van der Waals surface area contributed by atoms with Gasteiger partial charge in [0.15, 0.2) is 5.13 Å². The molecule has 4 N–H and O–H groups in total. The molecule has 1 aliphatic carbocycles. The van der Waals surface area contributed by atoms with Crippen LogP contribution in [0.1, 0.15) is 25.7 Å². The van der Waals surface area contributed by atoms with Crippen LogP contribution in [-0.2, 0) is 0 Å². The number of thiazole rings is 1. The van der Waals surface area contributed by atoms with Gasteiger partial charge in [0.25, 0.3) is 0 Å². The van der Waals surface area contributed by atoms with Gasteiger partial charge in [0.2, 0.25) is 0 Å². The Bertz CT molecular complexity index is 1420. The lowest BCUT2D eigenvalue weighted by molar-refractivity contribution is 0.126. The van der Waals surface area contributed by atoms with E-state index >= 15 is 0 Å². The van der Waals surface area contributed by atoms with Crippen molar-refractivity contribution in [2.75, 3.05) is 10.6 Å². The van der Waals surface area contributed by atoms with E-state index in [1.54, 1.807) is 11.3 Å². The number of benzene rings is 2. The van der Waals surface area contributed by atoms with E-state index in [1.807, 2.05) is 24.4 Å². The third-order valence-electron chi connectivity index (χ3n) is 6.19. The SMILES string of the molecule is O[C@H]1CC[C@H](Nc2cccc(Nc3nc4ccc(-c5ccc6[nH]ncc6c5)cc4s3)n2)CC1. The molecule has 0 atom stereocenters. The standard InChI is InChI=1S/C25H24N6OS/c32-19-8-6-18(7-9-19)27-23-2-1-3-24(29-23)30-25-28-21-11-5-16(13-22(21)33-25)15-4-10-20-17(12-15)14-26-31-20/h1-5,10-14,18-19,32H,6-9H2,(H,26,31)(H2,27,28,29,30)/t18-,19-. The fourth-order valence-corrected chi connectivity index (χ4v) is 5.32. The summed E-state index contributed by atoms with van der Waals surface area (Å²) in [6.45, 7) is 0. The lowest BCUT2D eigenvalue weighted by Gasteiger charge is -2.26. The molecule has 1 fully saturated rings. The Balaban J connectivity index is 1.20. The number of aliphatic hydroxyl groups excluding tert-OH is 1. The maximum Gasteiger partial charge on any atom is 0.189 e. The van der Waals surface area contributed by atoms with E-state index in [1.165, 1.54) is 0 Å². The van der Waals surface area contributed by atoms with Gasteiger partial charge in [0.1, 0.15) is 11.6 Å². The van der Waals surface area contributed by atoms with Crippen LogP contribution in [-0.4, -0.2) is 37.4 Å². The van der Waals surface area contributed by atoms with E-state index < -0.39 is 0 Å². The van der Waals surface area contributed by atoms with Crippen molar-refractivity contribution in [2.45, 2.75) is 37.8 Å². The van der Waals surface area contributed by atoms with Crippen LogP contribution in [0.5, 0.6) is 0 Å². The van der Waals surface area contributed by atoms with Crippen molar-refractivity contribution in [3.05, 3.63) is 60.8 Å². The number of aromatic nitrogens is 4. The molecule has 0 spiro atoms. The number of pyridine rings is 1. The lowest BCUT2D eigenvalue weighted by atomic mass is 9.93. The summed E-state index contributed by atoms with van der Waals surface area (Å²) in [5.74, 6) is 1.61. The van der Waals surface area contributed by atoms with Gasteiger partial charge in [-0.3, -0.25) is 5.10 Å². The Kier molecular flexibility index (Phi) is 5.16. The zero-order valence-corrected chi connectivity index (χ0v) is 18.8. The summed E-state index contributed by atoms with van der Waals surface area (Å²) in [5, 5.41) is 25.6. The first-order chi connectivity index (χ1) is 16.2. The van der Waals surface area contributed by atoms with Gasteiger partial charge in [0, 0.05) is 11.4 Å². The highest BCUT2D eigenvalue weighted by atomic mass is 32.1. The van der Waals surface area contributed by atoms with Crippen LogP contribution in [0.2, 0.25) is 0 Å². The van der Waals surface area contributed by atoms with Crippen LogP contribution in [0.25, 0.3) is 32.2 Å². The van der Waals surface area contributed by atoms with Crippen molar-refractivity contribution >= 4 is 49.2 Å². The minimum Gasteiger partial charge on any atom is -0.393 e. The Morgan fingerprint density at radius 1 is 0.909 bits per heavy atom. The van der Waals surface area contributed by atoms with Gasteiger partial charge in [-0.2, -0.15) is 5.10 Å². The largest absolute Gasteiger partial charge is 0.393 e. The van der Waals surface area contributed by atoms with Gasteiger partial charge in [-0.25, -0.2) is 9.97 Å². The number of hydrogen-bond acceptors (Lipinski definition) is 7. The number of nitrogens with zero attached hydrogens (tertiary/aromatic N) is 3. The molecule has 5 aromatic rings. The average molecular weight is 457 g/mol. The molecule has 33 heavy (non-hydrogen) atoms. The van der Waals surface area contributed by atoms with Crippen molar-refractivity contribution in [1.29, 1.82) is 0 Å². The van der Waals surface area contributed by atoms with E-state index in [2.05, 4.69) is 57.2 Å². The molecule has 2 aromatic carbocycles. The Morgan fingerprint density at radius 2 is 1.73 bits per heavy atom. The highest BCUT2D eigenvalue weighted by Crippen LogP contribution is 2.33. The molecule has 0 saturated heterocycles. The number of aromatic amines is 1. The number of anilines is 3. The Morgan fingerprint density at radius 3 is 2.64 bits per heavy atom. The summed E-state index contributed by atoms with van der Waals surface area (Å²) in [4.78, 5) is 9.46. The molecule has 3 aromatic heterocycles. The number of fused-ring (bicyclic) bond motifs is 2. The number of aliphatic hydroxyl groups is 1. The van der Waals surface area contributed by atoms with Crippen LogP contribution in [0.3, 0.4) is 0 Å². The predicted molar refractivity (Wildman–Crippen MR) is 134 cm³/mol. The van der Waals surface area contributed by atoms with Gasteiger partial charge in [-0.15, -0.1) is 0 Å². The first kappa shape index (κ1) is 20.1. The van der Waals surface area contributed by atoms with Crippen LogP contribution in [0.15, 0.2) is 60.8 Å². The van der Waals surface area contributed by atoms with E-state index in [4.69, 9.17) is 9.97 Å². The Labute approximate surface area is 194 Å². The summed E-state index contributed by atoms with van der Waals surface area (Å²) in [6.07, 6.45) is 5.32. The highest BCUT2D eigenvalue weighted by Gasteiger charge is 2.19. The lowest BCUT2D eigenvalue weighted by Crippen LogP contribution is -2.28. The fraction of sp³-hybridized carbons (Fsp3) is 0.240. The smallest absolute Gasteiger partial charge is 0.189 e. The predicted octanol–water partition coefficient (Wildman–Crippen LogP) is 5.69. The second kappa shape index (κ2) is 8.46. The molecule has 3 heterocycles. The number of rotatable bonds is 5. The molecule has 1 aliphatic rings. The normalized spacial score (nSPS) is 18.6. The van der Waals surface area contributed by atoms with E-state index in [-0.39, 0.29) is 6.10 Å². The highest BCUT2D eigenvalue weighted by molar-refractivity contribution is 7.22. The summed E-state index contributed by atoms with van der Waals surface area (Å²) in [5.41, 5.74) is 4.31. The molecular weight excluding hydrogens is 432 g/mol. The first-order valence-corrected chi connectivity index (χ1v) is 12.0. The third-order valence-corrected chi connectivity index (χ3v) is 7.13. The molecule has 8 heteroatoms. The van der Waals surface area contributed by atoms with Crippen molar-refractivity contribution in [1.82, 2.24) is 20.2 Å². The molecule has 0 radical (unpaired) electrons. The zero-order chi connectivity index (χ0) is 22.2. The first-order valence-electron chi connectivity index (χ1n) is 11.2. The third kappa shape index (κ3) is 4.27. The van der Waals surface area contributed by atoms with Crippen molar-refractivity contribution in [3.8, 4) is 11.1 Å². The minimum absolute atomic E-state index is 0.155. The fourth-order valence-electron chi connectivity index (χ4n) is 4.40. The van der Waals surface area contributed by atoms with E-state index in [9.17, 15) is 5.11 Å². The Hall–Kier alpha value is -3.49. The monoisotopic (exact) mass is 456 g/mol.